The Morgan fingerprint density at radius 3 is 2.73 bits per heavy atom. The molecule has 1 atom stereocenters. The minimum atomic E-state index is -0.514. The van der Waals surface area contributed by atoms with Crippen LogP contribution in [0.3, 0.4) is 0 Å². The second-order valence-corrected chi connectivity index (χ2v) is 5.63. The highest BCUT2D eigenvalue weighted by Crippen LogP contribution is 2.24. The summed E-state index contributed by atoms with van der Waals surface area (Å²) in [7, 11) is 0. The number of unbranched alkanes of at least 4 members (excludes halogenated alkanes) is 1. The molecular formula is C11H22N2OS. The second kappa shape index (κ2) is 5.75. The second-order valence-electron chi connectivity index (χ2n) is 4.52. The first-order chi connectivity index (χ1) is 7.08. The quantitative estimate of drug-likeness (QED) is 0.622. The predicted molar refractivity (Wildman–Crippen MR) is 66.0 cm³/mol. The molecule has 0 aromatic rings. The van der Waals surface area contributed by atoms with E-state index in [0.29, 0.717) is 6.04 Å². The first-order valence-corrected chi connectivity index (χ1v) is 6.89. The lowest BCUT2D eigenvalue weighted by Gasteiger charge is -2.27. The predicted octanol–water partition coefficient (Wildman–Crippen LogP) is 1.52. The average molecular weight is 230 g/mol. The van der Waals surface area contributed by atoms with E-state index in [9.17, 15) is 4.79 Å². The van der Waals surface area contributed by atoms with E-state index in [-0.39, 0.29) is 5.91 Å². The summed E-state index contributed by atoms with van der Waals surface area (Å²) >= 11 is 1.82. The third kappa shape index (κ3) is 4.43. The van der Waals surface area contributed by atoms with E-state index in [1.165, 1.54) is 25.7 Å². The van der Waals surface area contributed by atoms with Gasteiger partial charge in [-0.05, 0) is 31.9 Å². The van der Waals surface area contributed by atoms with Crippen molar-refractivity contribution in [3.8, 4) is 0 Å². The summed E-state index contributed by atoms with van der Waals surface area (Å²) in [6.45, 7) is 4.10. The van der Waals surface area contributed by atoms with Gasteiger partial charge in [-0.25, -0.2) is 0 Å². The van der Waals surface area contributed by atoms with E-state index in [1.807, 2.05) is 18.7 Å². The first-order valence-electron chi connectivity index (χ1n) is 5.74. The summed E-state index contributed by atoms with van der Waals surface area (Å²) in [6, 6.07) is 0.522. The molecule has 0 radical (unpaired) electrons. The first kappa shape index (κ1) is 12.8. The number of nitrogens with two attached hydrogens (primary N) is 1. The Labute approximate surface area is 96.6 Å². The molecule has 1 fully saturated rings. The highest BCUT2D eigenvalue weighted by atomic mass is 32.2. The molecule has 1 rings (SSSR count). The molecule has 1 saturated carbocycles. The van der Waals surface area contributed by atoms with Crippen LogP contribution in [0.25, 0.3) is 0 Å². The van der Waals surface area contributed by atoms with E-state index in [0.717, 1.165) is 11.5 Å². The van der Waals surface area contributed by atoms with Gasteiger partial charge in [0.25, 0.3) is 0 Å². The maximum Gasteiger partial charge on any atom is 0.238 e. The molecule has 0 spiro atoms. The van der Waals surface area contributed by atoms with Gasteiger partial charge in [0.15, 0.2) is 0 Å². The molecule has 0 aromatic heterocycles. The Morgan fingerprint density at radius 2 is 2.27 bits per heavy atom. The van der Waals surface area contributed by atoms with Gasteiger partial charge in [0.2, 0.25) is 5.91 Å². The molecule has 15 heavy (non-hydrogen) atoms. The van der Waals surface area contributed by atoms with Gasteiger partial charge in [-0.3, -0.25) is 4.79 Å². The Balaban J connectivity index is 2.31. The molecule has 0 aliphatic heterocycles. The normalized spacial score (nSPS) is 19.9. The van der Waals surface area contributed by atoms with Crippen LogP contribution in [0.1, 0.15) is 39.5 Å². The van der Waals surface area contributed by atoms with Gasteiger partial charge in [0, 0.05) is 11.8 Å². The standard InChI is InChI=1S/C11H22N2OS/c1-3-4-7-15-8-11(2,10(12)14)13-9-5-6-9/h9,13H,3-8H2,1-2H3,(H2,12,14). The number of thioether (sulfide) groups is 1. The number of carbonyl (C=O) groups is 1. The lowest BCUT2D eigenvalue weighted by molar-refractivity contribution is -0.123. The molecule has 1 aliphatic carbocycles. The molecule has 0 saturated heterocycles. The minimum Gasteiger partial charge on any atom is -0.368 e. The van der Waals surface area contributed by atoms with Crippen LogP contribution < -0.4 is 11.1 Å². The number of hydrogen-bond acceptors (Lipinski definition) is 3. The topological polar surface area (TPSA) is 55.1 Å². The summed E-state index contributed by atoms with van der Waals surface area (Å²) in [5, 5.41) is 3.35. The molecule has 1 unspecified atom stereocenters. The third-order valence-electron chi connectivity index (χ3n) is 2.68. The van der Waals surface area contributed by atoms with Gasteiger partial charge < -0.3 is 11.1 Å². The highest BCUT2D eigenvalue weighted by molar-refractivity contribution is 7.99. The van der Waals surface area contributed by atoms with E-state index in [2.05, 4.69) is 12.2 Å². The van der Waals surface area contributed by atoms with Crippen molar-refractivity contribution in [3.05, 3.63) is 0 Å². The summed E-state index contributed by atoms with van der Waals surface area (Å²) in [6.07, 6.45) is 4.78. The number of carbonyl (C=O) groups excluding carboxylic acids is 1. The Hall–Kier alpha value is -0.220. The highest BCUT2D eigenvalue weighted by Gasteiger charge is 2.36. The molecule has 1 amide bonds. The minimum absolute atomic E-state index is 0.224. The molecule has 4 heteroatoms. The fraction of sp³-hybridized carbons (Fsp3) is 0.909. The van der Waals surface area contributed by atoms with Gasteiger partial charge >= 0.3 is 0 Å². The molecule has 88 valence electrons. The smallest absolute Gasteiger partial charge is 0.238 e. The molecule has 3 N–H and O–H groups in total. The van der Waals surface area contributed by atoms with Crippen LogP contribution in [0, 0.1) is 0 Å². The molecule has 0 bridgehead atoms. The van der Waals surface area contributed by atoms with Gasteiger partial charge in [0.1, 0.15) is 5.54 Å². The number of rotatable bonds is 8. The van der Waals surface area contributed by atoms with Gasteiger partial charge in [-0.1, -0.05) is 13.3 Å². The van der Waals surface area contributed by atoms with Crippen molar-refractivity contribution in [3.63, 3.8) is 0 Å². The van der Waals surface area contributed by atoms with Crippen molar-refractivity contribution in [2.75, 3.05) is 11.5 Å². The Morgan fingerprint density at radius 1 is 1.60 bits per heavy atom. The zero-order valence-electron chi connectivity index (χ0n) is 9.71. The Kier molecular flexibility index (Phi) is 4.93. The average Bonchev–Trinajstić information content (AvgIpc) is 2.96. The largest absolute Gasteiger partial charge is 0.368 e. The molecule has 3 nitrogen and oxygen atoms in total. The fourth-order valence-corrected chi connectivity index (χ4v) is 2.66. The maximum absolute atomic E-state index is 11.4. The fourth-order valence-electron chi connectivity index (χ4n) is 1.38. The van der Waals surface area contributed by atoms with Crippen molar-refractivity contribution in [1.29, 1.82) is 0 Å². The number of hydrogen-bond donors (Lipinski definition) is 2. The monoisotopic (exact) mass is 230 g/mol. The zero-order valence-corrected chi connectivity index (χ0v) is 10.5. The lowest BCUT2D eigenvalue weighted by atomic mass is 10.1. The van der Waals surface area contributed by atoms with E-state index < -0.39 is 5.54 Å². The number of primary amides is 1. The molecule has 0 heterocycles. The van der Waals surface area contributed by atoms with Crippen LogP contribution >= 0.6 is 11.8 Å². The van der Waals surface area contributed by atoms with Crippen molar-refractivity contribution >= 4 is 17.7 Å². The van der Waals surface area contributed by atoms with Gasteiger partial charge in [-0.15, -0.1) is 0 Å². The molecule has 1 aliphatic rings. The van der Waals surface area contributed by atoms with Crippen molar-refractivity contribution in [2.24, 2.45) is 5.73 Å². The van der Waals surface area contributed by atoms with Crippen LogP contribution in [0.5, 0.6) is 0 Å². The van der Waals surface area contributed by atoms with Crippen LogP contribution in [0.15, 0.2) is 0 Å². The van der Waals surface area contributed by atoms with Crippen molar-refractivity contribution in [1.82, 2.24) is 5.32 Å². The van der Waals surface area contributed by atoms with Crippen LogP contribution in [-0.2, 0) is 4.79 Å². The van der Waals surface area contributed by atoms with Crippen molar-refractivity contribution in [2.45, 2.75) is 51.1 Å². The molecular weight excluding hydrogens is 208 g/mol. The lowest BCUT2D eigenvalue weighted by Crippen LogP contribution is -2.56. The maximum atomic E-state index is 11.4. The van der Waals surface area contributed by atoms with E-state index in [4.69, 9.17) is 5.73 Å². The van der Waals surface area contributed by atoms with E-state index in [1.54, 1.807) is 0 Å². The van der Waals surface area contributed by atoms with E-state index >= 15 is 0 Å². The SMILES string of the molecule is CCCCSCC(C)(NC1CC1)C(N)=O. The third-order valence-corrected chi connectivity index (χ3v) is 4.04. The zero-order chi connectivity index (χ0) is 11.3. The number of nitrogens with one attached hydrogen (secondary N) is 1. The van der Waals surface area contributed by atoms with Crippen molar-refractivity contribution < 1.29 is 4.79 Å². The van der Waals surface area contributed by atoms with Crippen LogP contribution in [-0.4, -0.2) is 29.0 Å². The Bertz CT molecular complexity index is 219. The number of amides is 1. The summed E-state index contributed by atoms with van der Waals surface area (Å²) in [5.74, 6) is 1.68. The summed E-state index contributed by atoms with van der Waals surface area (Å²) in [5.41, 5.74) is 4.93. The van der Waals surface area contributed by atoms with Gasteiger partial charge in [-0.2, -0.15) is 11.8 Å². The molecule has 0 aromatic carbocycles. The summed E-state index contributed by atoms with van der Waals surface area (Å²) < 4.78 is 0. The van der Waals surface area contributed by atoms with Crippen LogP contribution in [0.4, 0.5) is 0 Å². The van der Waals surface area contributed by atoms with Gasteiger partial charge in [0.05, 0.1) is 0 Å². The van der Waals surface area contributed by atoms with Crippen LogP contribution in [0.2, 0.25) is 0 Å². The summed E-state index contributed by atoms with van der Waals surface area (Å²) in [4.78, 5) is 11.4.